The van der Waals surface area contributed by atoms with E-state index in [0.29, 0.717) is 31.1 Å². The van der Waals surface area contributed by atoms with Gasteiger partial charge in [-0.3, -0.25) is 10.1 Å². The van der Waals surface area contributed by atoms with Gasteiger partial charge in [0.2, 0.25) is 0 Å². The number of thiophene rings is 1. The molecule has 25 heavy (non-hydrogen) atoms. The minimum Gasteiger partial charge on any atom is -0.451 e. The molecule has 0 spiro atoms. The van der Waals surface area contributed by atoms with Crippen LogP contribution in [0.25, 0.3) is 10.1 Å². The van der Waals surface area contributed by atoms with Crippen LogP contribution in [0.2, 0.25) is 0 Å². The molecule has 0 aliphatic heterocycles. The van der Waals surface area contributed by atoms with Gasteiger partial charge in [0.25, 0.3) is 5.91 Å². The number of carbonyl (C=O) groups is 3. The van der Waals surface area contributed by atoms with Gasteiger partial charge in [0, 0.05) is 24.5 Å². The molecule has 2 rings (SSSR count). The van der Waals surface area contributed by atoms with Gasteiger partial charge in [0.05, 0.1) is 0 Å². The Morgan fingerprint density at radius 1 is 1.20 bits per heavy atom. The number of hydrogen-bond donors (Lipinski definition) is 2. The number of amides is 3. The van der Waals surface area contributed by atoms with E-state index in [2.05, 4.69) is 10.6 Å². The zero-order valence-electron chi connectivity index (χ0n) is 13.9. The molecule has 3 amide bonds. The lowest BCUT2D eigenvalue weighted by Crippen LogP contribution is -2.41. The average Bonchev–Trinajstić information content (AvgIpc) is 3.03. The van der Waals surface area contributed by atoms with E-state index in [1.54, 1.807) is 6.07 Å². The van der Waals surface area contributed by atoms with E-state index in [-0.39, 0.29) is 0 Å². The molecule has 0 aliphatic rings. The normalized spacial score (nSPS) is 10.4. The minimum atomic E-state index is -0.684. The Morgan fingerprint density at radius 3 is 2.76 bits per heavy atom. The summed E-state index contributed by atoms with van der Waals surface area (Å²) in [5.74, 6) is -1.27. The van der Waals surface area contributed by atoms with Crippen molar-refractivity contribution < 1.29 is 23.9 Å². The first-order chi connectivity index (χ1) is 12.1. The predicted molar refractivity (Wildman–Crippen MR) is 94.8 cm³/mol. The molecular formula is C17H20N2O5S. The average molecular weight is 364 g/mol. The lowest BCUT2D eigenvalue weighted by Gasteiger charge is -2.07. The van der Waals surface area contributed by atoms with Crippen LogP contribution >= 0.6 is 11.3 Å². The third kappa shape index (κ3) is 6.17. The maximum atomic E-state index is 12.0. The molecular weight excluding hydrogens is 344 g/mol. The molecule has 8 heteroatoms. The number of imide groups is 1. The summed E-state index contributed by atoms with van der Waals surface area (Å²) in [7, 11) is 0. The molecule has 1 aromatic carbocycles. The third-order valence-corrected chi connectivity index (χ3v) is 4.27. The molecule has 7 nitrogen and oxygen atoms in total. The highest BCUT2D eigenvalue weighted by molar-refractivity contribution is 7.20. The largest absolute Gasteiger partial charge is 0.451 e. The molecule has 0 radical (unpaired) electrons. The van der Waals surface area contributed by atoms with Crippen molar-refractivity contribution in [2.24, 2.45) is 0 Å². The van der Waals surface area contributed by atoms with Crippen molar-refractivity contribution in [1.29, 1.82) is 0 Å². The summed E-state index contributed by atoms with van der Waals surface area (Å²) in [4.78, 5) is 35.5. The van der Waals surface area contributed by atoms with Crippen LogP contribution in [0.5, 0.6) is 0 Å². The number of benzene rings is 1. The van der Waals surface area contributed by atoms with Crippen molar-refractivity contribution >= 4 is 39.3 Å². The Hall–Kier alpha value is -2.45. The van der Waals surface area contributed by atoms with E-state index in [1.165, 1.54) is 11.3 Å². The summed E-state index contributed by atoms with van der Waals surface area (Å²) in [6, 6.07) is 8.65. The van der Waals surface area contributed by atoms with E-state index in [1.807, 2.05) is 31.2 Å². The van der Waals surface area contributed by atoms with Crippen molar-refractivity contribution in [1.82, 2.24) is 10.6 Å². The molecule has 134 valence electrons. The van der Waals surface area contributed by atoms with Crippen LogP contribution in [0.3, 0.4) is 0 Å². The zero-order chi connectivity index (χ0) is 18.1. The van der Waals surface area contributed by atoms with E-state index in [9.17, 15) is 14.4 Å². The number of fused-ring (bicyclic) bond motifs is 1. The molecule has 0 aliphatic carbocycles. The Labute approximate surface area is 149 Å². The molecule has 0 atom stereocenters. The number of ether oxygens (including phenoxy) is 2. The zero-order valence-corrected chi connectivity index (χ0v) is 14.7. The lowest BCUT2D eigenvalue weighted by molar-refractivity contribution is -0.123. The summed E-state index contributed by atoms with van der Waals surface area (Å²) in [5.41, 5.74) is 0. The van der Waals surface area contributed by atoms with Gasteiger partial charge in [-0.1, -0.05) is 18.2 Å². The first-order valence-electron chi connectivity index (χ1n) is 7.91. The van der Waals surface area contributed by atoms with E-state index < -0.39 is 24.5 Å². The van der Waals surface area contributed by atoms with Crippen LogP contribution in [0.1, 0.15) is 23.0 Å². The van der Waals surface area contributed by atoms with E-state index in [0.717, 1.165) is 10.1 Å². The number of hydrogen-bond acceptors (Lipinski definition) is 6. The van der Waals surface area contributed by atoms with Crippen LogP contribution in [-0.2, 0) is 14.3 Å². The van der Waals surface area contributed by atoms with Gasteiger partial charge >= 0.3 is 12.0 Å². The van der Waals surface area contributed by atoms with Crippen LogP contribution in [0.15, 0.2) is 30.3 Å². The first kappa shape index (κ1) is 18.9. The summed E-state index contributed by atoms with van der Waals surface area (Å²) >= 11 is 1.29. The first-order valence-corrected chi connectivity index (χ1v) is 8.73. The highest BCUT2D eigenvalue weighted by Crippen LogP contribution is 2.25. The number of urea groups is 1. The molecule has 2 N–H and O–H groups in total. The maximum absolute atomic E-state index is 12.0. The summed E-state index contributed by atoms with van der Waals surface area (Å²) in [5, 5.41) is 5.56. The van der Waals surface area contributed by atoms with Gasteiger partial charge < -0.3 is 14.8 Å². The Bertz CT molecular complexity index is 710. The lowest BCUT2D eigenvalue weighted by atomic mass is 10.2. The smallest absolute Gasteiger partial charge is 0.348 e. The number of esters is 1. The second kappa shape index (κ2) is 9.75. The van der Waals surface area contributed by atoms with Gasteiger partial charge in [-0.25, -0.2) is 9.59 Å². The standard InChI is InChI=1S/C17H20N2O5S/c1-2-23-9-5-8-18-17(22)19-15(20)11-24-16(21)14-10-12-6-3-4-7-13(12)25-14/h3-4,6-7,10H,2,5,8-9,11H2,1H3,(H2,18,19,20,22). The topological polar surface area (TPSA) is 93.7 Å². The quantitative estimate of drug-likeness (QED) is 0.554. The minimum absolute atomic E-state index is 0.390. The van der Waals surface area contributed by atoms with Gasteiger partial charge in [-0.05, 0) is 30.9 Å². The van der Waals surface area contributed by atoms with Gasteiger partial charge in [0.15, 0.2) is 6.61 Å². The fraction of sp³-hybridized carbons (Fsp3) is 0.353. The van der Waals surface area contributed by atoms with Crippen molar-refractivity contribution in [3.05, 3.63) is 35.2 Å². The SMILES string of the molecule is CCOCCCNC(=O)NC(=O)COC(=O)c1cc2ccccc2s1. The molecule has 0 saturated carbocycles. The summed E-state index contributed by atoms with van der Waals surface area (Å²) < 4.78 is 11.0. The second-order valence-electron chi connectivity index (χ2n) is 5.08. The number of carbonyl (C=O) groups excluding carboxylic acids is 3. The monoisotopic (exact) mass is 364 g/mol. The molecule has 0 unspecified atom stereocenters. The Balaban J connectivity index is 1.70. The molecule has 2 aromatic rings. The molecule has 1 heterocycles. The van der Waals surface area contributed by atoms with E-state index in [4.69, 9.17) is 9.47 Å². The van der Waals surface area contributed by atoms with E-state index >= 15 is 0 Å². The van der Waals surface area contributed by atoms with Crippen LogP contribution in [0.4, 0.5) is 4.79 Å². The second-order valence-corrected chi connectivity index (χ2v) is 6.16. The number of nitrogens with one attached hydrogen (secondary N) is 2. The number of rotatable bonds is 8. The van der Waals surface area contributed by atoms with Gasteiger partial charge in [-0.15, -0.1) is 11.3 Å². The highest BCUT2D eigenvalue weighted by Gasteiger charge is 2.14. The van der Waals surface area contributed by atoms with Crippen molar-refractivity contribution in [2.45, 2.75) is 13.3 Å². The molecule has 0 saturated heterocycles. The van der Waals surface area contributed by atoms with Crippen LogP contribution < -0.4 is 10.6 Å². The van der Waals surface area contributed by atoms with Crippen molar-refractivity contribution in [3.63, 3.8) is 0 Å². The third-order valence-electron chi connectivity index (χ3n) is 3.17. The van der Waals surface area contributed by atoms with Crippen LogP contribution in [-0.4, -0.2) is 44.3 Å². The van der Waals surface area contributed by atoms with Crippen molar-refractivity contribution in [2.75, 3.05) is 26.4 Å². The van der Waals surface area contributed by atoms with Crippen molar-refractivity contribution in [3.8, 4) is 0 Å². The van der Waals surface area contributed by atoms with Crippen LogP contribution in [0, 0.1) is 0 Å². The van der Waals surface area contributed by atoms with Gasteiger partial charge in [-0.2, -0.15) is 0 Å². The summed E-state index contributed by atoms with van der Waals surface area (Å²) in [6.07, 6.45) is 0.649. The molecule has 0 fully saturated rings. The highest BCUT2D eigenvalue weighted by atomic mass is 32.1. The Kier molecular flexibility index (Phi) is 7.36. The molecule has 0 bridgehead atoms. The molecule has 1 aromatic heterocycles. The fourth-order valence-electron chi connectivity index (χ4n) is 2.01. The predicted octanol–water partition coefficient (Wildman–Crippen LogP) is 2.31. The fourth-order valence-corrected chi connectivity index (χ4v) is 2.97. The van der Waals surface area contributed by atoms with Gasteiger partial charge in [0.1, 0.15) is 4.88 Å². The Morgan fingerprint density at radius 2 is 2.00 bits per heavy atom. The summed E-state index contributed by atoms with van der Waals surface area (Å²) in [6.45, 7) is 2.92. The maximum Gasteiger partial charge on any atom is 0.348 e.